The smallest absolute Gasteiger partial charge is 0.162 e. The van der Waals surface area contributed by atoms with Gasteiger partial charge in [0.05, 0.1) is 0 Å². The SMILES string of the molecule is CCCCCCC1=C[C@@H]2[C@@H]3CC[C@@H](C3)[C@@H]2C1=O. The predicted molar refractivity (Wildman–Crippen MR) is 69.7 cm³/mol. The summed E-state index contributed by atoms with van der Waals surface area (Å²) >= 11 is 0. The first kappa shape index (κ1) is 11.5. The van der Waals surface area contributed by atoms with Crippen molar-refractivity contribution in [3.05, 3.63) is 11.6 Å². The van der Waals surface area contributed by atoms with Gasteiger partial charge in [-0.1, -0.05) is 32.3 Å². The fraction of sp³-hybridized carbons (Fsp3) is 0.812. The Bertz CT molecular complexity index is 341. The van der Waals surface area contributed by atoms with Crippen molar-refractivity contribution in [2.45, 2.75) is 58.3 Å². The van der Waals surface area contributed by atoms with E-state index < -0.39 is 0 Å². The van der Waals surface area contributed by atoms with E-state index in [2.05, 4.69) is 13.0 Å². The third-order valence-electron chi connectivity index (χ3n) is 5.29. The molecule has 0 aromatic rings. The Morgan fingerprint density at radius 2 is 2.00 bits per heavy atom. The van der Waals surface area contributed by atoms with Gasteiger partial charge >= 0.3 is 0 Å². The lowest BCUT2D eigenvalue weighted by atomic mass is 9.81. The Morgan fingerprint density at radius 3 is 2.76 bits per heavy atom. The van der Waals surface area contributed by atoms with Crippen molar-refractivity contribution in [1.29, 1.82) is 0 Å². The molecule has 3 aliphatic carbocycles. The first-order valence-corrected chi connectivity index (χ1v) is 7.56. The van der Waals surface area contributed by atoms with Crippen LogP contribution in [0.1, 0.15) is 58.3 Å². The van der Waals surface area contributed by atoms with Crippen LogP contribution in [0.2, 0.25) is 0 Å². The molecule has 3 rings (SSSR count). The maximum atomic E-state index is 12.4. The van der Waals surface area contributed by atoms with E-state index in [9.17, 15) is 4.79 Å². The molecule has 3 aliphatic rings. The second kappa shape index (κ2) is 4.59. The Morgan fingerprint density at radius 1 is 1.18 bits per heavy atom. The van der Waals surface area contributed by atoms with Crippen molar-refractivity contribution < 1.29 is 4.79 Å². The highest BCUT2D eigenvalue weighted by Gasteiger charge is 2.52. The minimum atomic E-state index is 0.426. The lowest BCUT2D eigenvalue weighted by Gasteiger charge is -2.22. The van der Waals surface area contributed by atoms with Crippen LogP contribution in [0.3, 0.4) is 0 Å². The summed E-state index contributed by atoms with van der Waals surface area (Å²) in [5, 5.41) is 0. The highest BCUT2D eigenvalue weighted by Crippen LogP contribution is 2.56. The van der Waals surface area contributed by atoms with Gasteiger partial charge in [0.25, 0.3) is 0 Å². The highest BCUT2D eigenvalue weighted by atomic mass is 16.1. The van der Waals surface area contributed by atoms with E-state index in [0.717, 1.165) is 18.3 Å². The molecular formula is C16H24O. The largest absolute Gasteiger partial charge is 0.294 e. The van der Waals surface area contributed by atoms with Gasteiger partial charge in [-0.15, -0.1) is 0 Å². The molecule has 17 heavy (non-hydrogen) atoms. The topological polar surface area (TPSA) is 17.1 Å². The van der Waals surface area contributed by atoms with Gasteiger partial charge in [-0.2, -0.15) is 0 Å². The summed E-state index contributed by atoms with van der Waals surface area (Å²) in [5.41, 5.74) is 1.20. The van der Waals surface area contributed by atoms with Gasteiger partial charge in [0.1, 0.15) is 0 Å². The number of rotatable bonds is 5. The first-order chi connectivity index (χ1) is 8.31. The molecule has 0 aromatic carbocycles. The van der Waals surface area contributed by atoms with Gasteiger partial charge < -0.3 is 0 Å². The standard InChI is InChI=1S/C16H24O/c1-2-3-4-5-6-13-10-14-11-7-8-12(9-11)15(14)16(13)17/h10-12,14-15H,2-9H2,1H3/t11-,12+,14-,15+/m1/s1. The number of allylic oxidation sites excluding steroid dienone is 2. The first-order valence-electron chi connectivity index (χ1n) is 7.56. The lowest BCUT2D eigenvalue weighted by Crippen LogP contribution is -2.23. The van der Waals surface area contributed by atoms with E-state index >= 15 is 0 Å². The van der Waals surface area contributed by atoms with E-state index in [1.165, 1.54) is 50.5 Å². The van der Waals surface area contributed by atoms with E-state index in [0.29, 0.717) is 17.6 Å². The molecule has 0 heterocycles. The number of carbonyl (C=O) groups excluding carboxylic acids is 1. The molecule has 2 saturated carbocycles. The van der Waals surface area contributed by atoms with Crippen LogP contribution in [-0.4, -0.2) is 5.78 Å². The lowest BCUT2D eigenvalue weighted by molar-refractivity contribution is -0.120. The van der Waals surface area contributed by atoms with Crippen LogP contribution >= 0.6 is 0 Å². The second-order valence-electron chi connectivity index (χ2n) is 6.30. The Hall–Kier alpha value is -0.590. The summed E-state index contributed by atoms with van der Waals surface area (Å²) < 4.78 is 0. The summed E-state index contributed by atoms with van der Waals surface area (Å²) in [5.74, 6) is 3.24. The van der Waals surface area contributed by atoms with Crippen LogP contribution in [-0.2, 0) is 4.79 Å². The number of fused-ring (bicyclic) bond motifs is 5. The third kappa shape index (κ3) is 1.88. The number of hydrogen-bond acceptors (Lipinski definition) is 1. The van der Waals surface area contributed by atoms with E-state index in [-0.39, 0.29) is 0 Å². The fourth-order valence-electron chi connectivity index (χ4n) is 4.44. The van der Waals surface area contributed by atoms with Crippen LogP contribution < -0.4 is 0 Å². The third-order valence-corrected chi connectivity index (χ3v) is 5.29. The molecule has 94 valence electrons. The van der Waals surface area contributed by atoms with Gasteiger partial charge in [0, 0.05) is 5.92 Å². The van der Waals surface area contributed by atoms with Gasteiger partial charge in [-0.25, -0.2) is 0 Å². The predicted octanol–water partition coefficient (Wildman–Crippen LogP) is 4.13. The number of ketones is 1. The molecule has 2 fully saturated rings. The molecule has 0 radical (unpaired) electrons. The van der Waals surface area contributed by atoms with Crippen molar-refractivity contribution in [3.8, 4) is 0 Å². The molecule has 2 bridgehead atoms. The summed E-state index contributed by atoms with van der Waals surface area (Å²) in [6.07, 6.45) is 12.6. The number of Topliss-reactive ketones (excluding diaryl/α,β-unsaturated/α-hetero) is 1. The van der Waals surface area contributed by atoms with Gasteiger partial charge in [0.2, 0.25) is 0 Å². The molecular weight excluding hydrogens is 208 g/mol. The average molecular weight is 232 g/mol. The number of hydrogen-bond donors (Lipinski definition) is 0. The molecule has 4 atom stereocenters. The van der Waals surface area contributed by atoms with Crippen LogP contribution in [0.5, 0.6) is 0 Å². The molecule has 0 saturated heterocycles. The van der Waals surface area contributed by atoms with Gasteiger partial charge in [-0.3, -0.25) is 4.79 Å². The summed E-state index contributed by atoms with van der Waals surface area (Å²) in [7, 11) is 0. The Balaban J connectivity index is 1.60. The summed E-state index contributed by atoms with van der Waals surface area (Å²) in [4.78, 5) is 12.4. The zero-order chi connectivity index (χ0) is 11.8. The van der Waals surface area contributed by atoms with Crippen molar-refractivity contribution in [2.75, 3.05) is 0 Å². The number of unbranched alkanes of at least 4 members (excludes halogenated alkanes) is 3. The molecule has 0 amide bonds. The van der Waals surface area contributed by atoms with Crippen molar-refractivity contribution in [3.63, 3.8) is 0 Å². The monoisotopic (exact) mass is 232 g/mol. The van der Waals surface area contributed by atoms with E-state index in [1.807, 2.05) is 0 Å². The van der Waals surface area contributed by atoms with Crippen LogP contribution in [0, 0.1) is 23.7 Å². The maximum absolute atomic E-state index is 12.4. The van der Waals surface area contributed by atoms with Crippen LogP contribution in [0.25, 0.3) is 0 Å². The summed E-state index contributed by atoms with van der Waals surface area (Å²) in [6, 6.07) is 0. The van der Waals surface area contributed by atoms with E-state index in [4.69, 9.17) is 0 Å². The molecule has 0 spiro atoms. The molecule has 1 nitrogen and oxygen atoms in total. The van der Waals surface area contributed by atoms with Crippen molar-refractivity contribution in [2.24, 2.45) is 23.7 Å². The fourth-order valence-corrected chi connectivity index (χ4v) is 4.44. The molecule has 0 aliphatic heterocycles. The molecule has 0 unspecified atom stereocenters. The maximum Gasteiger partial charge on any atom is 0.162 e. The Labute approximate surface area is 105 Å². The highest BCUT2D eigenvalue weighted by molar-refractivity contribution is 6.00. The average Bonchev–Trinajstić information content (AvgIpc) is 2.98. The minimum absolute atomic E-state index is 0.426. The van der Waals surface area contributed by atoms with Crippen molar-refractivity contribution in [1.82, 2.24) is 0 Å². The van der Waals surface area contributed by atoms with Crippen LogP contribution in [0.15, 0.2) is 11.6 Å². The van der Waals surface area contributed by atoms with Gasteiger partial charge in [-0.05, 0) is 55.4 Å². The number of carbonyl (C=O) groups is 1. The van der Waals surface area contributed by atoms with Crippen molar-refractivity contribution >= 4 is 5.78 Å². The zero-order valence-electron chi connectivity index (χ0n) is 11.0. The molecule has 1 heteroatoms. The van der Waals surface area contributed by atoms with Crippen LogP contribution in [0.4, 0.5) is 0 Å². The quantitative estimate of drug-likeness (QED) is 0.651. The molecule has 0 N–H and O–H groups in total. The van der Waals surface area contributed by atoms with Gasteiger partial charge in [0.15, 0.2) is 5.78 Å². The summed E-state index contributed by atoms with van der Waals surface area (Å²) in [6.45, 7) is 2.24. The normalized spacial score (nSPS) is 38.6. The van der Waals surface area contributed by atoms with E-state index in [1.54, 1.807) is 0 Å². The minimum Gasteiger partial charge on any atom is -0.294 e. The molecule has 0 aromatic heterocycles. The second-order valence-corrected chi connectivity index (χ2v) is 6.30. The zero-order valence-corrected chi connectivity index (χ0v) is 11.0. The Kier molecular flexibility index (Phi) is 3.10.